The fourth-order valence-corrected chi connectivity index (χ4v) is 7.36. The molecule has 0 radical (unpaired) electrons. The van der Waals surface area contributed by atoms with Crippen LogP contribution in [0.15, 0.2) is 0 Å². The largest absolute Gasteiger partial charge is 0.462 e. The predicted molar refractivity (Wildman–Crippen MR) is 219 cm³/mol. The van der Waals surface area contributed by atoms with E-state index < -0.39 is 0 Å². The number of carbonyl (C=O) groups excluding carboxylic acids is 1. The number of ether oxygens (including phenoxy) is 1. The Morgan fingerprint density at radius 3 is 1.20 bits per heavy atom. The molecular weight excluding hydrogens is 634 g/mol. The Hall–Kier alpha value is -0.690. The van der Waals surface area contributed by atoms with Crippen molar-refractivity contribution in [1.82, 2.24) is 5.32 Å². The van der Waals surface area contributed by atoms with Crippen LogP contribution in [0.4, 0.5) is 0 Å². The van der Waals surface area contributed by atoms with Gasteiger partial charge in [0, 0.05) is 0 Å². The lowest BCUT2D eigenvalue weighted by atomic mass is 9.94. The van der Waals surface area contributed by atoms with Crippen molar-refractivity contribution >= 4 is 5.97 Å². The Morgan fingerprint density at radius 2 is 0.784 bits per heavy atom. The fourth-order valence-electron chi connectivity index (χ4n) is 7.36. The average molecular weight is 726 g/mol. The number of hydrogen-bond acceptors (Lipinski definition) is 6. The van der Waals surface area contributed by atoms with Gasteiger partial charge >= 0.3 is 5.97 Å². The highest BCUT2D eigenvalue weighted by Crippen LogP contribution is 2.24. The maximum absolute atomic E-state index is 13.6. The number of hydrogen-bond donors (Lipinski definition) is 2. The van der Waals surface area contributed by atoms with Crippen molar-refractivity contribution < 1.29 is 24.7 Å². The quantitative estimate of drug-likeness (QED) is 0.0282. The van der Waals surface area contributed by atoms with Crippen LogP contribution in [0.1, 0.15) is 252 Å². The zero-order valence-corrected chi connectivity index (χ0v) is 34.8. The fraction of sp³-hybridized carbons (Fsp3) is 0.978. The van der Waals surface area contributed by atoms with Gasteiger partial charge in [-0.25, -0.2) is 10.1 Å². The number of rotatable bonds is 44. The van der Waals surface area contributed by atoms with E-state index in [4.69, 9.17) is 9.99 Å². The zero-order valence-electron chi connectivity index (χ0n) is 34.8. The molecule has 0 saturated carbocycles. The van der Waals surface area contributed by atoms with Crippen molar-refractivity contribution in [3.05, 3.63) is 0 Å². The van der Waals surface area contributed by atoms with E-state index in [1.165, 1.54) is 193 Å². The lowest BCUT2D eigenvalue weighted by molar-refractivity contribution is -0.490. The third kappa shape index (κ3) is 38.8. The minimum absolute atomic E-state index is 0.108. The van der Waals surface area contributed by atoms with E-state index in [-0.39, 0.29) is 18.0 Å². The highest BCUT2D eigenvalue weighted by atomic mass is 17.5. The van der Waals surface area contributed by atoms with Crippen molar-refractivity contribution in [1.29, 1.82) is 0 Å². The minimum Gasteiger partial charge on any atom is -0.462 e. The Balaban J connectivity index is 4.45. The summed E-state index contributed by atoms with van der Waals surface area (Å²) in [7, 11) is 0. The number of carbonyl (C=O) groups is 1. The van der Waals surface area contributed by atoms with Crippen LogP contribution in [0, 0.1) is 5.92 Å². The minimum atomic E-state index is 0.108. The van der Waals surface area contributed by atoms with E-state index in [9.17, 15) is 4.79 Å². The monoisotopic (exact) mass is 726 g/mol. The topological polar surface area (TPSA) is 77.0 Å². The summed E-state index contributed by atoms with van der Waals surface area (Å²) < 4.78 is 6.42. The van der Waals surface area contributed by atoms with Gasteiger partial charge in [0.15, 0.2) is 0 Å². The highest BCUT2D eigenvalue weighted by Gasteiger charge is 2.23. The van der Waals surface area contributed by atoms with Gasteiger partial charge in [0.05, 0.1) is 12.5 Å². The van der Waals surface area contributed by atoms with Gasteiger partial charge in [-0.15, -0.1) is 0 Å². The summed E-state index contributed by atoms with van der Waals surface area (Å²) in [6.07, 6.45) is 45.2. The number of nitrogens with one attached hydrogen (secondary N) is 1. The molecular formula is C45H91NO5. The predicted octanol–water partition coefficient (Wildman–Crippen LogP) is 14.6. The summed E-state index contributed by atoms with van der Waals surface area (Å²) in [5.74, 6) is 0.239. The molecule has 0 aliphatic heterocycles. The zero-order chi connectivity index (χ0) is 37.1. The molecule has 2 N–H and O–H groups in total. The molecule has 0 rings (SSSR count). The van der Waals surface area contributed by atoms with E-state index in [1.54, 1.807) is 0 Å². The second kappa shape index (κ2) is 43.7. The molecule has 6 nitrogen and oxygen atoms in total. The Bertz CT molecular complexity index is 663. The van der Waals surface area contributed by atoms with E-state index in [1.807, 2.05) is 0 Å². The van der Waals surface area contributed by atoms with Gasteiger partial charge in [0.1, 0.15) is 6.10 Å². The van der Waals surface area contributed by atoms with Gasteiger partial charge in [-0.2, -0.15) is 0 Å². The summed E-state index contributed by atoms with van der Waals surface area (Å²) in [6.45, 7) is 9.54. The molecule has 51 heavy (non-hydrogen) atoms. The normalized spacial score (nSPS) is 12.8. The summed E-state index contributed by atoms with van der Waals surface area (Å²) in [4.78, 5) is 18.1. The van der Waals surface area contributed by atoms with Gasteiger partial charge < -0.3 is 10.1 Å². The summed E-state index contributed by atoms with van der Waals surface area (Å²) in [5.41, 5.74) is 0. The molecule has 0 saturated heterocycles. The molecule has 2 atom stereocenters. The van der Waals surface area contributed by atoms with Crippen molar-refractivity contribution in [2.45, 2.75) is 258 Å². The number of unbranched alkanes of at least 4 members (excludes halogenated alkanes) is 27. The van der Waals surface area contributed by atoms with E-state index in [0.29, 0.717) is 6.61 Å². The Kier molecular flexibility index (Phi) is 43.1. The third-order valence-electron chi connectivity index (χ3n) is 10.8. The molecule has 306 valence electrons. The second-order valence-electron chi connectivity index (χ2n) is 15.8. The van der Waals surface area contributed by atoms with E-state index in [2.05, 4.69) is 36.0 Å². The smallest absolute Gasteiger partial charge is 0.309 e. The maximum atomic E-state index is 13.6. The third-order valence-corrected chi connectivity index (χ3v) is 10.8. The van der Waals surface area contributed by atoms with Gasteiger partial charge in [-0.05, 0) is 70.9 Å². The van der Waals surface area contributed by atoms with Crippen LogP contribution in [-0.4, -0.2) is 37.0 Å². The standard InChI is InChI=1S/C45H91NO5/c1-4-7-10-13-15-16-17-19-24-31-38-44(50-45(47)43(36-29-12-9-6-3)37-30-23-14-11-8-5-2)39-32-25-20-18-21-26-33-40-46-41-34-27-22-28-35-42-49-51-48/h43-44,46,48H,4-42H2,1-3H3. The van der Waals surface area contributed by atoms with E-state index in [0.717, 1.165) is 51.6 Å². The van der Waals surface area contributed by atoms with Gasteiger partial charge in [-0.1, -0.05) is 199 Å². The molecule has 0 aliphatic rings. The summed E-state index contributed by atoms with van der Waals surface area (Å²) in [6, 6.07) is 0. The first-order chi connectivity index (χ1) is 25.2. The van der Waals surface area contributed by atoms with Crippen LogP contribution in [0.25, 0.3) is 0 Å². The summed E-state index contributed by atoms with van der Waals surface area (Å²) in [5, 5.41) is 15.4. The van der Waals surface area contributed by atoms with Crippen molar-refractivity contribution in [2.24, 2.45) is 5.92 Å². The van der Waals surface area contributed by atoms with Crippen molar-refractivity contribution in [3.63, 3.8) is 0 Å². The first-order valence-corrected chi connectivity index (χ1v) is 23.0. The van der Waals surface area contributed by atoms with Crippen LogP contribution >= 0.6 is 0 Å². The lowest BCUT2D eigenvalue weighted by Gasteiger charge is -2.22. The molecule has 6 heteroatoms. The lowest BCUT2D eigenvalue weighted by Crippen LogP contribution is -2.25. The SMILES string of the molecule is CCCCCCCCCCCCC(CCCCCCCCCNCCCCCCCOOO)OC(=O)C(CCCCCC)CCCCCCCC. The van der Waals surface area contributed by atoms with E-state index >= 15 is 0 Å². The second-order valence-corrected chi connectivity index (χ2v) is 15.8. The number of esters is 1. The molecule has 0 aliphatic carbocycles. The molecule has 0 aromatic heterocycles. The van der Waals surface area contributed by atoms with Crippen LogP contribution in [0.3, 0.4) is 0 Å². The van der Waals surface area contributed by atoms with Gasteiger partial charge in [0.2, 0.25) is 0 Å². The molecule has 0 aromatic rings. The summed E-state index contributed by atoms with van der Waals surface area (Å²) >= 11 is 0. The Morgan fingerprint density at radius 1 is 0.451 bits per heavy atom. The molecule has 0 bridgehead atoms. The van der Waals surface area contributed by atoms with Gasteiger partial charge in [0.25, 0.3) is 0 Å². The first kappa shape index (κ1) is 50.3. The van der Waals surface area contributed by atoms with Crippen LogP contribution in [-0.2, 0) is 19.5 Å². The van der Waals surface area contributed by atoms with Crippen LogP contribution in [0.2, 0.25) is 0 Å². The molecule has 0 fully saturated rings. The van der Waals surface area contributed by atoms with Gasteiger partial charge in [-0.3, -0.25) is 4.79 Å². The Labute approximate surface area is 319 Å². The van der Waals surface area contributed by atoms with Crippen molar-refractivity contribution in [3.8, 4) is 0 Å². The molecule has 0 spiro atoms. The van der Waals surface area contributed by atoms with Crippen molar-refractivity contribution in [2.75, 3.05) is 19.7 Å². The van der Waals surface area contributed by atoms with Crippen LogP contribution in [0.5, 0.6) is 0 Å². The molecule has 0 heterocycles. The first-order valence-electron chi connectivity index (χ1n) is 23.0. The molecule has 0 aromatic carbocycles. The molecule has 0 amide bonds. The molecule has 2 unspecified atom stereocenters. The average Bonchev–Trinajstić information content (AvgIpc) is 3.13. The highest BCUT2D eigenvalue weighted by molar-refractivity contribution is 5.72. The maximum Gasteiger partial charge on any atom is 0.309 e. The van der Waals surface area contributed by atoms with Crippen LogP contribution < -0.4 is 5.32 Å².